The van der Waals surface area contributed by atoms with Gasteiger partial charge in [0, 0.05) is 46.6 Å². The highest BCUT2D eigenvalue weighted by atomic mass is 16.5. The molecular weight excluding hydrogens is 540 g/mol. The van der Waals surface area contributed by atoms with Crippen molar-refractivity contribution in [1.29, 1.82) is 0 Å². The second kappa shape index (κ2) is 11.6. The zero-order valence-corrected chi connectivity index (χ0v) is 26.9. The summed E-state index contributed by atoms with van der Waals surface area (Å²) < 4.78 is 7.37. The maximum atomic E-state index is 12.1. The Balaban J connectivity index is 1.45. The molecule has 44 heavy (non-hydrogen) atoms. The number of methoxy groups -OCH3 is 1. The van der Waals surface area contributed by atoms with E-state index in [-0.39, 0.29) is 16.8 Å². The van der Waals surface area contributed by atoms with Gasteiger partial charge in [0.1, 0.15) is 0 Å². The number of carbonyl (C=O) groups is 1. The standard InChI is InChI=1S/C40H43N2O2/c1-7-8-26-41-33-17-12-11-16-32(33)39(2,3)35(41)18-13-19-36-40(4,5)37-31-15-10-9-14-29(31)24-25-34(37)42(36)27-28-20-22-30(23-21-28)38(43)44-6/h9-25H,7-8,26-27H2,1-6H3/q+1. The van der Waals surface area contributed by atoms with E-state index in [0.29, 0.717) is 12.1 Å². The quantitative estimate of drug-likeness (QED) is 0.153. The highest BCUT2D eigenvalue weighted by molar-refractivity contribution is 6.07. The molecule has 2 heterocycles. The van der Waals surface area contributed by atoms with E-state index in [1.807, 2.05) is 24.3 Å². The number of anilines is 1. The molecule has 4 aromatic rings. The van der Waals surface area contributed by atoms with E-state index in [2.05, 4.69) is 123 Å². The van der Waals surface area contributed by atoms with Crippen molar-refractivity contribution < 1.29 is 14.1 Å². The number of esters is 1. The fourth-order valence-corrected chi connectivity index (χ4v) is 7.18. The number of unbranched alkanes of at least 4 members (excludes halogenated alkanes) is 1. The Morgan fingerprint density at radius 3 is 2.36 bits per heavy atom. The molecule has 0 atom stereocenters. The first-order chi connectivity index (χ1) is 21.2. The lowest BCUT2D eigenvalue weighted by Gasteiger charge is -2.27. The Morgan fingerprint density at radius 1 is 0.886 bits per heavy atom. The van der Waals surface area contributed by atoms with Gasteiger partial charge in [-0.3, -0.25) is 0 Å². The van der Waals surface area contributed by atoms with Crippen LogP contribution in [0.4, 0.5) is 11.4 Å². The van der Waals surface area contributed by atoms with Crippen LogP contribution in [0.5, 0.6) is 0 Å². The summed E-state index contributed by atoms with van der Waals surface area (Å²) >= 11 is 0. The van der Waals surface area contributed by atoms with Crippen LogP contribution in [-0.2, 0) is 22.1 Å². The van der Waals surface area contributed by atoms with Gasteiger partial charge in [-0.2, -0.15) is 4.58 Å². The van der Waals surface area contributed by atoms with Gasteiger partial charge in [-0.15, -0.1) is 0 Å². The predicted octanol–water partition coefficient (Wildman–Crippen LogP) is 9.24. The minimum absolute atomic E-state index is 0.0786. The summed E-state index contributed by atoms with van der Waals surface area (Å²) in [4.78, 5) is 14.6. The number of allylic oxidation sites excluding steroid dienone is 4. The zero-order valence-electron chi connectivity index (χ0n) is 26.9. The number of hydrogen-bond acceptors (Lipinski definition) is 3. The molecule has 4 heteroatoms. The van der Waals surface area contributed by atoms with Crippen LogP contribution in [0.15, 0.2) is 109 Å². The van der Waals surface area contributed by atoms with Crippen LogP contribution in [-0.4, -0.2) is 29.9 Å². The highest BCUT2D eigenvalue weighted by Gasteiger charge is 2.45. The molecule has 224 valence electrons. The summed E-state index contributed by atoms with van der Waals surface area (Å²) in [5.74, 6) is -0.316. The molecule has 2 aliphatic heterocycles. The second-order valence-corrected chi connectivity index (χ2v) is 13.0. The van der Waals surface area contributed by atoms with Gasteiger partial charge in [0.25, 0.3) is 0 Å². The topological polar surface area (TPSA) is 32.5 Å². The number of rotatable bonds is 8. The molecule has 0 saturated heterocycles. The molecule has 0 unspecified atom stereocenters. The largest absolute Gasteiger partial charge is 0.465 e. The van der Waals surface area contributed by atoms with Gasteiger partial charge in [0.2, 0.25) is 5.69 Å². The summed E-state index contributed by atoms with van der Waals surface area (Å²) in [5, 5.41) is 2.55. The Morgan fingerprint density at radius 2 is 1.61 bits per heavy atom. The molecular formula is C40H43N2O2+. The van der Waals surface area contributed by atoms with Crippen LogP contribution in [0.1, 0.15) is 74.5 Å². The van der Waals surface area contributed by atoms with Crippen molar-refractivity contribution in [2.24, 2.45) is 0 Å². The molecule has 0 radical (unpaired) electrons. The lowest BCUT2D eigenvalue weighted by molar-refractivity contribution is -0.454. The van der Waals surface area contributed by atoms with Crippen LogP contribution in [0, 0.1) is 0 Å². The van der Waals surface area contributed by atoms with Crippen LogP contribution >= 0.6 is 0 Å². The lowest BCUT2D eigenvalue weighted by atomic mass is 9.79. The zero-order chi connectivity index (χ0) is 31.1. The molecule has 0 bridgehead atoms. The molecule has 0 fully saturated rings. The average molecular weight is 584 g/mol. The van der Waals surface area contributed by atoms with Gasteiger partial charge in [0.05, 0.1) is 18.1 Å². The van der Waals surface area contributed by atoms with Gasteiger partial charge >= 0.3 is 5.97 Å². The van der Waals surface area contributed by atoms with Gasteiger partial charge < -0.3 is 9.64 Å². The summed E-state index contributed by atoms with van der Waals surface area (Å²) in [7, 11) is 1.42. The fraction of sp³-hybridized carbons (Fsp3) is 0.300. The number of ether oxygens (including phenoxy) is 1. The highest BCUT2D eigenvalue weighted by Crippen LogP contribution is 2.48. The van der Waals surface area contributed by atoms with Crippen molar-refractivity contribution in [3.05, 3.63) is 131 Å². The van der Waals surface area contributed by atoms with E-state index in [1.54, 1.807) is 0 Å². The first-order valence-electron chi connectivity index (χ1n) is 15.8. The Bertz CT molecular complexity index is 1820. The number of carbonyl (C=O) groups excluding carboxylic acids is 1. The minimum Gasteiger partial charge on any atom is -0.465 e. The number of benzene rings is 4. The summed E-state index contributed by atoms with van der Waals surface area (Å²) in [6, 6.07) is 29.8. The van der Waals surface area contributed by atoms with Crippen molar-refractivity contribution in [2.75, 3.05) is 18.6 Å². The average Bonchev–Trinajstić information content (AvgIpc) is 3.38. The van der Waals surface area contributed by atoms with E-state index in [4.69, 9.17) is 4.74 Å². The van der Waals surface area contributed by atoms with E-state index in [0.717, 1.165) is 24.9 Å². The van der Waals surface area contributed by atoms with E-state index in [1.165, 1.54) is 51.8 Å². The molecule has 2 aliphatic rings. The Labute approximate surface area is 262 Å². The number of para-hydroxylation sites is 1. The summed E-state index contributed by atoms with van der Waals surface area (Å²) in [6.07, 6.45) is 9.24. The minimum atomic E-state index is -0.316. The maximum Gasteiger partial charge on any atom is 0.337 e. The van der Waals surface area contributed by atoms with E-state index in [9.17, 15) is 4.79 Å². The van der Waals surface area contributed by atoms with Gasteiger partial charge in [0.15, 0.2) is 12.3 Å². The first kappa shape index (κ1) is 29.6. The molecule has 4 nitrogen and oxygen atoms in total. The van der Waals surface area contributed by atoms with Gasteiger partial charge in [-0.25, -0.2) is 4.79 Å². The summed E-state index contributed by atoms with van der Waals surface area (Å²) in [6.45, 7) is 13.3. The third-order valence-corrected chi connectivity index (χ3v) is 9.51. The Hall–Kier alpha value is -4.44. The molecule has 0 spiro atoms. The number of nitrogens with zero attached hydrogens (tertiary/aromatic N) is 2. The van der Waals surface area contributed by atoms with Crippen LogP contribution < -0.4 is 4.90 Å². The molecule has 0 N–H and O–H groups in total. The third kappa shape index (κ3) is 4.96. The van der Waals surface area contributed by atoms with Gasteiger partial charge in [-0.05, 0) is 66.9 Å². The van der Waals surface area contributed by atoms with Crippen molar-refractivity contribution >= 4 is 33.8 Å². The molecule has 0 amide bonds. The van der Waals surface area contributed by atoms with Gasteiger partial charge in [-0.1, -0.05) is 87.9 Å². The molecule has 4 aromatic carbocycles. The predicted molar refractivity (Wildman–Crippen MR) is 182 cm³/mol. The van der Waals surface area contributed by atoms with E-state index < -0.39 is 0 Å². The smallest absolute Gasteiger partial charge is 0.337 e. The molecule has 0 aromatic heterocycles. The lowest BCUT2D eigenvalue weighted by Crippen LogP contribution is -2.28. The number of fused-ring (bicyclic) bond motifs is 4. The van der Waals surface area contributed by atoms with Crippen LogP contribution in [0.25, 0.3) is 10.8 Å². The van der Waals surface area contributed by atoms with Crippen LogP contribution in [0.2, 0.25) is 0 Å². The monoisotopic (exact) mass is 583 g/mol. The van der Waals surface area contributed by atoms with Crippen molar-refractivity contribution in [1.82, 2.24) is 0 Å². The van der Waals surface area contributed by atoms with Crippen molar-refractivity contribution in [3.8, 4) is 0 Å². The van der Waals surface area contributed by atoms with Crippen molar-refractivity contribution in [2.45, 2.75) is 64.8 Å². The Kier molecular flexibility index (Phi) is 7.79. The molecule has 0 aliphatic carbocycles. The van der Waals surface area contributed by atoms with E-state index >= 15 is 0 Å². The molecule has 0 saturated carbocycles. The third-order valence-electron chi connectivity index (χ3n) is 9.51. The SMILES string of the molecule is CCCCN1C(=CC=CC2=[N+](Cc3ccc(C(=O)OC)cc3)c3ccc4ccccc4c3C2(C)C)C(C)(C)c2ccccc21. The summed E-state index contributed by atoms with van der Waals surface area (Å²) in [5.41, 5.74) is 9.31. The maximum absolute atomic E-state index is 12.1. The van der Waals surface area contributed by atoms with Crippen LogP contribution in [0.3, 0.4) is 0 Å². The second-order valence-electron chi connectivity index (χ2n) is 13.0. The first-order valence-corrected chi connectivity index (χ1v) is 15.8. The normalized spacial score (nSPS) is 17.5. The van der Waals surface area contributed by atoms with Crippen molar-refractivity contribution in [3.63, 3.8) is 0 Å². The molecule has 6 rings (SSSR count). The number of hydrogen-bond donors (Lipinski definition) is 0. The fourth-order valence-electron chi connectivity index (χ4n) is 7.18.